The van der Waals surface area contributed by atoms with E-state index >= 15 is 0 Å². The van der Waals surface area contributed by atoms with Crippen LogP contribution in [-0.4, -0.2) is 35.9 Å². The van der Waals surface area contributed by atoms with Crippen molar-refractivity contribution in [2.24, 2.45) is 5.92 Å². The van der Waals surface area contributed by atoms with E-state index in [0.717, 1.165) is 18.9 Å². The molecule has 1 fully saturated rings. The quantitative estimate of drug-likeness (QED) is 0.897. The van der Waals surface area contributed by atoms with E-state index in [1.165, 1.54) is 32.1 Å². The number of nitrogens with zero attached hydrogens (tertiary/aromatic N) is 2. The van der Waals surface area contributed by atoms with Crippen LogP contribution in [0.3, 0.4) is 0 Å². The summed E-state index contributed by atoms with van der Waals surface area (Å²) >= 11 is 0. The van der Waals surface area contributed by atoms with E-state index in [0.29, 0.717) is 11.6 Å². The van der Waals surface area contributed by atoms with Gasteiger partial charge in [-0.1, -0.05) is 25.3 Å². The molecule has 0 spiro atoms. The van der Waals surface area contributed by atoms with Crippen LogP contribution in [0.4, 0.5) is 5.82 Å². The summed E-state index contributed by atoms with van der Waals surface area (Å²) in [5.74, 6) is 1.45. The van der Waals surface area contributed by atoms with E-state index in [1.807, 2.05) is 31.0 Å². The predicted molar refractivity (Wildman–Crippen MR) is 81.9 cm³/mol. The maximum atomic E-state index is 12.4. The normalized spacial score (nSPS) is 15.9. The van der Waals surface area contributed by atoms with Gasteiger partial charge in [-0.15, -0.1) is 0 Å². The van der Waals surface area contributed by atoms with Gasteiger partial charge in [0.05, 0.1) is 0 Å². The highest BCUT2D eigenvalue weighted by Crippen LogP contribution is 2.24. The van der Waals surface area contributed by atoms with Gasteiger partial charge in [-0.3, -0.25) is 4.79 Å². The third kappa shape index (κ3) is 3.95. The van der Waals surface area contributed by atoms with Crippen LogP contribution in [0, 0.1) is 5.92 Å². The van der Waals surface area contributed by atoms with Gasteiger partial charge >= 0.3 is 0 Å². The summed E-state index contributed by atoms with van der Waals surface area (Å²) in [5, 5.41) is 3.14. The lowest BCUT2D eigenvalue weighted by molar-refractivity contribution is 0.0755. The van der Waals surface area contributed by atoms with Crippen LogP contribution in [0.15, 0.2) is 18.2 Å². The summed E-state index contributed by atoms with van der Waals surface area (Å²) in [5.41, 5.74) is 0.529. The number of carbonyl (C=O) groups is 1. The van der Waals surface area contributed by atoms with Gasteiger partial charge in [0.15, 0.2) is 0 Å². The van der Waals surface area contributed by atoms with Crippen molar-refractivity contribution in [2.45, 2.75) is 39.0 Å². The first kappa shape index (κ1) is 14.8. The van der Waals surface area contributed by atoms with Gasteiger partial charge in [0, 0.05) is 20.1 Å². The minimum atomic E-state index is 0.0235. The van der Waals surface area contributed by atoms with Gasteiger partial charge in [-0.2, -0.15) is 0 Å². The second-order valence-corrected chi connectivity index (χ2v) is 5.63. The molecule has 0 aromatic carbocycles. The largest absolute Gasteiger partial charge is 0.370 e. The maximum Gasteiger partial charge on any atom is 0.272 e. The lowest BCUT2D eigenvalue weighted by atomic mass is 9.89. The van der Waals surface area contributed by atoms with Crippen LogP contribution in [0.25, 0.3) is 0 Å². The van der Waals surface area contributed by atoms with Crippen molar-refractivity contribution in [2.75, 3.05) is 25.5 Å². The molecule has 4 nitrogen and oxygen atoms in total. The molecule has 0 unspecified atom stereocenters. The van der Waals surface area contributed by atoms with E-state index in [4.69, 9.17) is 0 Å². The van der Waals surface area contributed by atoms with Crippen molar-refractivity contribution in [3.05, 3.63) is 23.9 Å². The number of pyridine rings is 1. The summed E-state index contributed by atoms with van der Waals surface area (Å²) in [6, 6.07) is 5.56. The molecule has 1 aromatic rings. The van der Waals surface area contributed by atoms with Gasteiger partial charge in [0.1, 0.15) is 11.5 Å². The molecule has 1 aliphatic rings. The minimum Gasteiger partial charge on any atom is -0.370 e. The molecule has 20 heavy (non-hydrogen) atoms. The Morgan fingerprint density at radius 3 is 2.80 bits per heavy atom. The standard InChI is InChI=1S/C16H25N3O/c1-3-17-15-11-7-10-14(18-15)16(20)19(2)12-13-8-5-4-6-9-13/h7,10-11,13H,3-6,8-9,12H2,1-2H3,(H,17,18). The zero-order valence-electron chi connectivity index (χ0n) is 12.6. The zero-order valence-corrected chi connectivity index (χ0v) is 12.6. The fourth-order valence-electron chi connectivity index (χ4n) is 2.87. The van der Waals surface area contributed by atoms with Gasteiger partial charge < -0.3 is 10.2 Å². The van der Waals surface area contributed by atoms with Crippen molar-refractivity contribution in [1.29, 1.82) is 0 Å². The van der Waals surface area contributed by atoms with E-state index in [2.05, 4.69) is 10.3 Å². The molecule has 0 saturated heterocycles. The summed E-state index contributed by atoms with van der Waals surface area (Å²) in [4.78, 5) is 18.6. The molecule has 4 heteroatoms. The first-order valence-electron chi connectivity index (χ1n) is 7.67. The highest BCUT2D eigenvalue weighted by molar-refractivity contribution is 5.92. The average molecular weight is 275 g/mol. The predicted octanol–water partition coefficient (Wildman–Crippen LogP) is 3.17. The Kier molecular flexibility index (Phi) is 5.39. The number of aromatic nitrogens is 1. The third-order valence-electron chi connectivity index (χ3n) is 3.93. The molecule has 1 aromatic heterocycles. The molecule has 1 heterocycles. The second-order valence-electron chi connectivity index (χ2n) is 5.63. The van der Waals surface area contributed by atoms with Crippen molar-refractivity contribution in [3.8, 4) is 0 Å². The Hall–Kier alpha value is -1.58. The van der Waals surface area contributed by atoms with Crippen LogP contribution in [-0.2, 0) is 0 Å². The molecule has 110 valence electrons. The van der Waals surface area contributed by atoms with E-state index in [-0.39, 0.29) is 5.91 Å². The molecule has 0 atom stereocenters. The van der Waals surface area contributed by atoms with E-state index < -0.39 is 0 Å². The molecular formula is C16H25N3O. The van der Waals surface area contributed by atoms with Gasteiger partial charge in [0.2, 0.25) is 0 Å². The highest BCUT2D eigenvalue weighted by atomic mass is 16.2. The van der Waals surface area contributed by atoms with Gasteiger partial charge in [-0.05, 0) is 37.8 Å². The summed E-state index contributed by atoms with van der Waals surface area (Å²) in [6.45, 7) is 3.68. The fourth-order valence-corrected chi connectivity index (χ4v) is 2.87. The lowest BCUT2D eigenvalue weighted by Crippen LogP contribution is -2.33. The number of hydrogen-bond donors (Lipinski definition) is 1. The Morgan fingerprint density at radius 2 is 2.10 bits per heavy atom. The van der Waals surface area contributed by atoms with Crippen LogP contribution >= 0.6 is 0 Å². The number of anilines is 1. The van der Waals surface area contributed by atoms with Crippen LogP contribution in [0.2, 0.25) is 0 Å². The fraction of sp³-hybridized carbons (Fsp3) is 0.625. The Morgan fingerprint density at radius 1 is 1.35 bits per heavy atom. The number of amides is 1. The molecule has 0 radical (unpaired) electrons. The summed E-state index contributed by atoms with van der Waals surface area (Å²) < 4.78 is 0. The minimum absolute atomic E-state index is 0.0235. The molecule has 0 bridgehead atoms. The molecular weight excluding hydrogens is 250 g/mol. The van der Waals surface area contributed by atoms with Crippen molar-refractivity contribution >= 4 is 11.7 Å². The summed E-state index contributed by atoms with van der Waals surface area (Å²) in [6.07, 6.45) is 6.47. The number of carbonyl (C=O) groups excluding carboxylic acids is 1. The Labute approximate surface area is 121 Å². The molecule has 1 N–H and O–H groups in total. The van der Waals surface area contributed by atoms with E-state index in [1.54, 1.807) is 6.07 Å². The van der Waals surface area contributed by atoms with Crippen molar-refractivity contribution in [1.82, 2.24) is 9.88 Å². The second kappa shape index (κ2) is 7.27. The molecule has 0 aliphatic heterocycles. The summed E-state index contributed by atoms with van der Waals surface area (Å²) in [7, 11) is 1.89. The van der Waals surface area contributed by atoms with Crippen LogP contribution in [0.5, 0.6) is 0 Å². The smallest absolute Gasteiger partial charge is 0.272 e. The number of nitrogens with one attached hydrogen (secondary N) is 1. The van der Waals surface area contributed by atoms with Crippen LogP contribution in [0.1, 0.15) is 49.5 Å². The lowest BCUT2D eigenvalue weighted by Gasteiger charge is -2.26. The Balaban J connectivity index is 1.96. The highest BCUT2D eigenvalue weighted by Gasteiger charge is 2.19. The SMILES string of the molecule is CCNc1cccc(C(=O)N(C)CC2CCCCC2)n1. The molecule has 1 aliphatic carbocycles. The molecule has 1 saturated carbocycles. The van der Waals surface area contributed by atoms with Crippen molar-refractivity contribution < 1.29 is 4.79 Å². The average Bonchev–Trinajstić information content (AvgIpc) is 2.48. The first-order valence-corrected chi connectivity index (χ1v) is 7.67. The molecule has 2 rings (SSSR count). The van der Waals surface area contributed by atoms with Gasteiger partial charge in [-0.25, -0.2) is 4.98 Å². The number of hydrogen-bond acceptors (Lipinski definition) is 3. The zero-order chi connectivity index (χ0) is 14.4. The third-order valence-corrected chi connectivity index (χ3v) is 3.93. The van der Waals surface area contributed by atoms with Crippen molar-refractivity contribution in [3.63, 3.8) is 0 Å². The van der Waals surface area contributed by atoms with Gasteiger partial charge in [0.25, 0.3) is 5.91 Å². The first-order chi connectivity index (χ1) is 9.70. The maximum absolute atomic E-state index is 12.4. The topological polar surface area (TPSA) is 45.2 Å². The van der Waals surface area contributed by atoms with E-state index in [9.17, 15) is 4.79 Å². The monoisotopic (exact) mass is 275 g/mol. The van der Waals surface area contributed by atoms with Crippen LogP contribution < -0.4 is 5.32 Å². The molecule has 1 amide bonds. The number of rotatable bonds is 5. The Bertz CT molecular complexity index is 441.